The summed E-state index contributed by atoms with van der Waals surface area (Å²) in [6.07, 6.45) is 8.43. The minimum absolute atomic E-state index is 1.10. The summed E-state index contributed by atoms with van der Waals surface area (Å²) >= 11 is 7.06. The van der Waals surface area contributed by atoms with Crippen LogP contribution in [0.15, 0.2) is 16.0 Å². The summed E-state index contributed by atoms with van der Waals surface area (Å²) in [7, 11) is 0. The number of aryl methyl sites for hydroxylation is 2. The molecule has 0 spiro atoms. The fraction of sp³-hybridized carbons (Fsp3) is 0.500. The van der Waals surface area contributed by atoms with Crippen LogP contribution in [0.1, 0.15) is 43.0 Å². The molecule has 0 aliphatic carbocycles. The molecule has 0 unspecified atom stereocenters. The Morgan fingerprint density at radius 1 is 1.22 bits per heavy atom. The van der Waals surface area contributed by atoms with Crippen LogP contribution in [0.3, 0.4) is 0 Å². The maximum atomic E-state index is 4.43. The summed E-state index contributed by atoms with van der Waals surface area (Å²) in [6.45, 7) is 4.49. The van der Waals surface area contributed by atoms with Crippen molar-refractivity contribution in [2.45, 2.75) is 46.0 Å². The van der Waals surface area contributed by atoms with Crippen LogP contribution in [0, 0.1) is 6.92 Å². The van der Waals surface area contributed by atoms with E-state index in [1.54, 1.807) is 11.3 Å². The number of hydrogen-bond donors (Lipinski definition) is 0. The molecule has 2 heterocycles. The smallest absolute Gasteiger partial charge is 0.134 e. The number of unbranched alkanes of at least 4 members (excludes halogenated alkanes) is 3. The molecule has 1 nitrogen and oxygen atoms in total. The zero-order valence-electron chi connectivity index (χ0n) is 10.8. The normalized spacial score (nSPS) is 11.1. The molecule has 4 heteroatoms. The number of nitrogens with zero attached hydrogens (tertiary/aromatic N) is 1. The van der Waals surface area contributed by atoms with Gasteiger partial charge in [-0.05, 0) is 47.3 Å². The van der Waals surface area contributed by atoms with Crippen LogP contribution in [0.2, 0.25) is 0 Å². The Labute approximate surface area is 125 Å². The van der Waals surface area contributed by atoms with E-state index in [4.69, 9.17) is 0 Å². The lowest BCUT2D eigenvalue weighted by atomic mass is 10.1. The van der Waals surface area contributed by atoms with E-state index in [9.17, 15) is 0 Å². The lowest BCUT2D eigenvalue weighted by Crippen LogP contribution is -1.84. The lowest BCUT2D eigenvalue weighted by Gasteiger charge is -1.99. The third-order valence-corrected chi connectivity index (χ3v) is 5.75. The summed E-state index contributed by atoms with van der Waals surface area (Å²) < 4.78 is 1.10. The monoisotopic (exact) mass is 343 g/mol. The van der Waals surface area contributed by atoms with E-state index >= 15 is 0 Å². The Morgan fingerprint density at radius 3 is 2.72 bits per heavy atom. The van der Waals surface area contributed by atoms with Gasteiger partial charge in [-0.15, -0.1) is 22.7 Å². The Morgan fingerprint density at radius 2 is 2.06 bits per heavy atom. The SMILES string of the molecule is CCCCCCc1cc(-c2ncc(Br)s2)sc1C. The van der Waals surface area contributed by atoms with Gasteiger partial charge in [0.2, 0.25) is 0 Å². The summed E-state index contributed by atoms with van der Waals surface area (Å²) in [5.74, 6) is 0. The first-order chi connectivity index (χ1) is 8.70. The van der Waals surface area contributed by atoms with Crippen molar-refractivity contribution in [3.8, 4) is 9.88 Å². The molecule has 0 radical (unpaired) electrons. The van der Waals surface area contributed by atoms with E-state index in [0.717, 1.165) is 8.79 Å². The highest BCUT2D eigenvalue weighted by atomic mass is 79.9. The van der Waals surface area contributed by atoms with Crippen LogP contribution in [-0.2, 0) is 6.42 Å². The van der Waals surface area contributed by atoms with Crippen LogP contribution in [0.5, 0.6) is 0 Å². The van der Waals surface area contributed by atoms with E-state index in [1.807, 2.05) is 17.5 Å². The molecule has 18 heavy (non-hydrogen) atoms. The molecule has 2 aromatic heterocycles. The van der Waals surface area contributed by atoms with Crippen molar-refractivity contribution in [3.05, 3.63) is 26.5 Å². The highest BCUT2D eigenvalue weighted by molar-refractivity contribution is 9.11. The fourth-order valence-electron chi connectivity index (χ4n) is 1.98. The predicted molar refractivity (Wildman–Crippen MR) is 85.7 cm³/mol. The number of rotatable bonds is 6. The number of halogens is 1. The molecule has 0 saturated carbocycles. The van der Waals surface area contributed by atoms with Gasteiger partial charge >= 0.3 is 0 Å². The summed E-state index contributed by atoms with van der Waals surface area (Å²) in [5.41, 5.74) is 1.51. The highest BCUT2D eigenvalue weighted by Gasteiger charge is 2.10. The molecule has 2 aromatic rings. The van der Waals surface area contributed by atoms with Crippen molar-refractivity contribution in [3.63, 3.8) is 0 Å². The minimum Gasteiger partial charge on any atom is -0.242 e. The molecule has 0 amide bonds. The summed E-state index contributed by atoms with van der Waals surface area (Å²) in [4.78, 5) is 7.20. The van der Waals surface area contributed by atoms with Crippen molar-refractivity contribution in [2.24, 2.45) is 0 Å². The standard InChI is InChI=1S/C14H18BrNS2/c1-3-4-5-6-7-11-8-12(17-10(11)2)14-16-9-13(15)18-14/h8-9H,3-7H2,1-2H3. The topological polar surface area (TPSA) is 12.9 Å². The summed E-state index contributed by atoms with van der Waals surface area (Å²) in [6, 6.07) is 2.33. The number of aromatic nitrogens is 1. The molecular formula is C14H18BrNS2. The van der Waals surface area contributed by atoms with Gasteiger partial charge in [0.1, 0.15) is 5.01 Å². The lowest BCUT2D eigenvalue weighted by molar-refractivity contribution is 0.666. The Bertz CT molecular complexity index is 502. The van der Waals surface area contributed by atoms with E-state index < -0.39 is 0 Å². The van der Waals surface area contributed by atoms with Crippen LogP contribution in [-0.4, -0.2) is 4.98 Å². The second kappa shape index (κ2) is 6.83. The third-order valence-electron chi connectivity index (χ3n) is 3.01. The first-order valence-electron chi connectivity index (χ1n) is 6.41. The van der Waals surface area contributed by atoms with E-state index in [2.05, 4.69) is 40.8 Å². The number of thiophene rings is 1. The van der Waals surface area contributed by atoms with Gasteiger partial charge in [-0.3, -0.25) is 0 Å². The first-order valence-corrected chi connectivity index (χ1v) is 8.84. The van der Waals surface area contributed by atoms with Gasteiger partial charge in [0.25, 0.3) is 0 Å². The van der Waals surface area contributed by atoms with Crippen molar-refractivity contribution in [1.29, 1.82) is 0 Å². The zero-order valence-corrected chi connectivity index (χ0v) is 14.1. The van der Waals surface area contributed by atoms with Gasteiger partial charge in [0.05, 0.1) is 14.9 Å². The molecule has 0 aromatic carbocycles. The van der Waals surface area contributed by atoms with E-state index in [0.29, 0.717) is 0 Å². The van der Waals surface area contributed by atoms with Gasteiger partial charge in [0.15, 0.2) is 0 Å². The molecule has 0 atom stereocenters. The quantitative estimate of drug-likeness (QED) is 0.580. The number of thiazole rings is 1. The van der Waals surface area contributed by atoms with Gasteiger partial charge in [-0.25, -0.2) is 4.98 Å². The molecule has 0 saturated heterocycles. The third kappa shape index (κ3) is 3.65. The maximum absolute atomic E-state index is 4.43. The van der Waals surface area contributed by atoms with Crippen LogP contribution in [0.4, 0.5) is 0 Å². The maximum Gasteiger partial charge on any atom is 0.134 e. The fourth-order valence-corrected chi connectivity index (χ4v) is 4.31. The molecule has 2 rings (SSSR count). The van der Waals surface area contributed by atoms with Crippen LogP contribution in [0.25, 0.3) is 9.88 Å². The van der Waals surface area contributed by atoms with Gasteiger partial charge in [-0.2, -0.15) is 0 Å². The molecule has 0 bridgehead atoms. The highest BCUT2D eigenvalue weighted by Crippen LogP contribution is 2.35. The van der Waals surface area contributed by atoms with Gasteiger partial charge < -0.3 is 0 Å². The van der Waals surface area contributed by atoms with E-state index in [-0.39, 0.29) is 0 Å². The van der Waals surface area contributed by atoms with Crippen molar-refractivity contribution < 1.29 is 0 Å². The van der Waals surface area contributed by atoms with Gasteiger partial charge in [0, 0.05) is 4.88 Å². The predicted octanol–water partition coefficient (Wildman–Crippen LogP) is 6.07. The molecular weight excluding hydrogens is 326 g/mol. The van der Waals surface area contributed by atoms with Crippen molar-refractivity contribution >= 4 is 38.6 Å². The van der Waals surface area contributed by atoms with Crippen molar-refractivity contribution in [2.75, 3.05) is 0 Å². The minimum atomic E-state index is 1.10. The van der Waals surface area contributed by atoms with Crippen molar-refractivity contribution in [1.82, 2.24) is 4.98 Å². The Hall–Kier alpha value is -0.190. The molecule has 0 aliphatic rings. The number of hydrogen-bond acceptors (Lipinski definition) is 3. The Kier molecular flexibility index (Phi) is 5.39. The second-order valence-electron chi connectivity index (χ2n) is 4.47. The zero-order chi connectivity index (χ0) is 13.0. The average Bonchev–Trinajstić information content (AvgIpc) is 2.92. The molecule has 0 N–H and O–H groups in total. The second-order valence-corrected chi connectivity index (χ2v) is 8.14. The molecule has 0 fully saturated rings. The Balaban J connectivity index is 2.02. The van der Waals surface area contributed by atoms with Crippen LogP contribution < -0.4 is 0 Å². The van der Waals surface area contributed by atoms with Gasteiger partial charge in [-0.1, -0.05) is 26.2 Å². The molecule has 98 valence electrons. The largest absolute Gasteiger partial charge is 0.242 e. The first kappa shape index (κ1) is 14.2. The van der Waals surface area contributed by atoms with Crippen LogP contribution >= 0.6 is 38.6 Å². The van der Waals surface area contributed by atoms with E-state index in [1.165, 1.54) is 47.4 Å². The average molecular weight is 344 g/mol. The molecule has 0 aliphatic heterocycles. The summed E-state index contributed by atoms with van der Waals surface area (Å²) in [5, 5.41) is 1.13.